The summed E-state index contributed by atoms with van der Waals surface area (Å²) in [6.07, 6.45) is 0. The van der Waals surface area contributed by atoms with Gasteiger partial charge in [0.25, 0.3) is 0 Å². The highest BCUT2D eigenvalue weighted by Gasteiger charge is 2.57. The summed E-state index contributed by atoms with van der Waals surface area (Å²) >= 11 is 0. The molecule has 3 aliphatic heterocycles. The van der Waals surface area contributed by atoms with E-state index in [0.29, 0.717) is 12.1 Å². The third-order valence-electron chi connectivity index (χ3n) is 9.09. The summed E-state index contributed by atoms with van der Waals surface area (Å²) in [6.45, 7) is 15.0. The van der Waals surface area contributed by atoms with Crippen LogP contribution in [0.3, 0.4) is 0 Å². The van der Waals surface area contributed by atoms with E-state index < -0.39 is 15.8 Å². The molecule has 3 aliphatic rings. The van der Waals surface area contributed by atoms with Crippen molar-refractivity contribution < 1.29 is 0 Å². The van der Waals surface area contributed by atoms with Crippen molar-refractivity contribution in [1.82, 2.24) is 9.80 Å². The van der Waals surface area contributed by atoms with Gasteiger partial charge in [0.2, 0.25) is 0 Å². The molecular weight excluding hydrogens is 522 g/mol. The van der Waals surface area contributed by atoms with Crippen molar-refractivity contribution in [2.45, 2.75) is 50.1 Å². The first kappa shape index (κ1) is 27.8. The third kappa shape index (κ3) is 5.10. The summed E-state index contributed by atoms with van der Waals surface area (Å²) in [5, 5.41) is 6.06. The van der Waals surface area contributed by atoms with Crippen LogP contribution in [0.4, 0.5) is 0 Å². The fourth-order valence-corrected chi connectivity index (χ4v) is 13.8. The molecule has 4 aromatic carbocycles. The number of fused-ring (bicyclic) bond motifs is 3. The molecule has 206 valence electrons. The summed E-state index contributed by atoms with van der Waals surface area (Å²) in [4.78, 5) is 5.74. The van der Waals surface area contributed by atoms with Crippen molar-refractivity contribution in [3.8, 4) is 0 Å². The molecule has 4 aromatic rings. The number of piperazine rings is 3. The summed E-state index contributed by atoms with van der Waals surface area (Å²) in [5.74, 6) is 0. The van der Waals surface area contributed by atoms with Crippen molar-refractivity contribution >= 4 is 37.1 Å². The monoisotopic (exact) mass is 564 g/mol. The average Bonchev–Trinajstić information content (AvgIpc) is 2.99. The lowest BCUT2D eigenvalue weighted by molar-refractivity contribution is -0.0597. The SMILES string of the molecule is CC(C)(C1C(C(C)(C)P(c2ccccc2)c2ccccc2)N2CCN1CC2)P(c1ccccc1)c1ccccc1. The summed E-state index contributed by atoms with van der Waals surface area (Å²) in [5.41, 5.74) is 0. The highest BCUT2D eigenvalue weighted by Crippen LogP contribution is 2.59. The van der Waals surface area contributed by atoms with Crippen LogP contribution in [0.1, 0.15) is 27.7 Å². The van der Waals surface area contributed by atoms with Gasteiger partial charge in [0.1, 0.15) is 0 Å². The smallest absolute Gasteiger partial charge is 0.0357 e. The molecule has 7 rings (SSSR count). The molecular formula is C36H42N2P2. The van der Waals surface area contributed by atoms with Crippen molar-refractivity contribution in [1.29, 1.82) is 0 Å². The molecule has 3 saturated heterocycles. The second-order valence-corrected chi connectivity index (χ2v) is 18.0. The Hall–Kier alpha value is -2.34. The van der Waals surface area contributed by atoms with Gasteiger partial charge in [-0.25, -0.2) is 0 Å². The molecule has 3 fully saturated rings. The molecule has 2 atom stereocenters. The minimum Gasteiger partial charge on any atom is -0.295 e. The number of hydrogen-bond acceptors (Lipinski definition) is 2. The number of benzene rings is 4. The Morgan fingerprint density at radius 3 is 0.875 bits per heavy atom. The molecule has 2 nitrogen and oxygen atoms in total. The van der Waals surface area contributed by atoms with Crippen LogP contribution in [0, 0.1) is 0 Å². The van der Waals surface area contributed by atoms with Gasteiger partial charge in [-0.1, -0.05) is 149 Å². The van der Waals surface area contributed by atoms with E-state index in [2.05, 4.69) is 159 Å². The number of hydrogen-bond donors (Lipinski definition) is 0. The van der Waals surface area contributed by atoms with Crippen molar-refractivity contribution in [3.63, 3.8) is 0 Å². The zero-order valence-electron chi connectivity index (χ0n) is 24.3. The van der Waals surface area contributed by atoms with E-state index in [-0.39, 0.29) is 10.3 Å². The lowest BCUT2D eigenvalue weighted by Crippen LogP contribution is -2.76. The van der Waals surface area contributed by atoms with Crippen molar-refractivity contribution in [2.75, 3.05) is 26.2 Å². The Balaban J connectivity index is 1.50. The van der Waals surface area contributed by atoms with Gasteiger partial charge in [-0.3, -0.25) is 9.80 Å². The minimum absolute atomic E-state index is 0.0629. The second kappa shape index (κ2) is 11.5. The Morgan fingerprint density at radius 1 is 0.425 bits per heavy atom. The molecule has 2 bridgehead atoms. The van der Waals surface area contributed by atoms with E-state index in [1.165, 1.54) is 47.4 Å². The van der Waals surface area contributed by atoms with Gasteiger partial charge in [0.15, 0.2) is 0 Å². The zero-order chi connectivity index (χ0) is 27.7. The van der Waals surface area contributed by atoms with Gasteiger partial charge >= 0.3 is 0 Å². The molecule has 0 aliphatic carbocycles. The van der Waals surface area contributed by atoms with Crippen LogP contribution < -0.4 is 21.2 Å². The van der Waals surface area contributed by atoms with Crippen molar-refractivity contribution in [2.24, 2.45) is 0 Å². The maximum Gasteiger partial charge on any atom is 0.0357 e. The molecule has 40 heavy (non-hydrogen) atoms. The molecule has 4 heteroatoms. The first-order chi connectivity index (χ1) is 19.4. The highest BCUT2D eigenvalue weighted by molar-refractivity contribution is 7.75. The molecule has 0 aromatic heterocycles. The Labute approximate surface area is 243 Å². The van der Waals surface area contributed by atoms with Crippen LogP contribution in [-0.2, 0) is 0 Å². The van der Waals surface area contributed by atoms with Crippen molar-refractivity contribution in [3.05, 3.63) is 121 Å². The molecule has 0 radical (unpaired) electrons. The zero-order valence-corrected chi connectivity index (χ0v) is 26.1. The Kier molecular flexibility index (Phi) is 8.00. The predicted molar refractivity (Wildman–Crippen MR) is 177 cm³/mol. The molecule has 3 heterocycles. The Morgan fingerprint density at radius 2 is 0.650 bits per heavy atom. The maximum atomic E-state index is 2.87. The van der Waals surface area contributed by atoms with Gasteiger partial charge in [0, 0.05) is 48.6 Å². The maximum absolute atomic E-state index is 2.87. The Bertz CT molecular complexity index is 1180. The van der Waals surface area contributed by atoms with E-state index in [9.17, 15) is 0 Å². The van der Waals surface area contributed by atoms with Gasteiger partial charge in [-0.15, -0.1) is 0 Å². The lowest BCUT2D eigenvalue weighted by Gasteiger charge is -2.64. The van der Waals surface area contributed by atoms with Crippen LogP contribution in [0.25, 0.3) is 0 Å². The van der Waals surface area contributed by atoms with Crippen LogP contribution in [-0.4, -0.2) is 58.4 Å². The van der Waals surface area contributed by atoms with Crippen LogP contribution in [0.2, 0.25) is 0 Å². The van der Waals surface area contributed by atoms with Gasteiger partial charge in [0.05, 0.1) is 0 Å². The number of nitrogens with zero attached hydrogens (tertiary/aromatic N) is 2. The lowest BCUT2D eigenvalue weighted by atomic mass is 9.81. The number of rotatable bonds is 8. The summed E-state index contributed by atoms with van der Waals surface area (Å²) in [7, 11) is -1.18. The second-order valence-electron chi connectivity index (χ2n) is 12.3. The van der Waals surface area contributed by atoms with Crippen LogP contribution in [0.5, 0.6) is 0 Å². The molecule has 0 N–H and O–H groups in total. The summed E-state index contributed by atoms with van der Waals surface area (Å²) < 4.78 is 0. The van der Waals surface area contributed by atoms with E-state index in [0.717, 1.165) is 0 Å². The quantitative estimate of drug-likeness (QED) is 0.236. The highest BCUT2D eigenvalue weighted by atomic mass is 31.1. The van der Waals surface area contributed by atoms with Crippen LogP contribution >= 0.6 is 15.8 Å². The normalized spacial score (nSPS) is 23.1. The first-order valence-electron chi connectivity index (χ1n) is 14.7. The largest absolute Gasteiger partial charge is 0.295 e. The fraction of sp³-hybridized carbons (Fsp3) is 0.333. The van der Waals surface area contributed by atoms with Gasteiger partial charge in [-0.05, 0) is 37.1 Å². The van der Waals surface area contributed by atoms with Gasteiger partial charge in [-0.2, -0.15) is 0 Å². The molecule has 0 amide bonds. The topological polar surface area (TPSA) is 6.48 Å². The first-order valence-corrected chi connectivity index (χ1v) is 17.4. The summed E-state index contributed by atoms with van der Waals surface area (Å²) in [6, 6.07) is 46.3. The van der Waals surface area contributed by atoms with E-state index in [1.54, 1.807) is 0 Å². The standard InChI is InChI=1S/C36H42N2P2/c1-35(2,39(29-17-9-5-10-18-29)30-19-11-6-12-20-30)33-34(38-27-25-37(33)26-28-38)36(3,4)40(31-21-13-7-14-22-31)32-23-15-8-16-24-32/h5-24,33-34H,25-28H2,1-4H3. The minimum atomic E-state index is -0.591. The third-order valence-corrected chi connectivity index (χ3v) is 15.2. The molecule has 2 unspecified atom stereocenters. The van der Waals surface area contributed by atoms with E-state index in [1.807, 2.05) is 0 Å². The predicted octanol–water partition coefficient (Wildman–Crippen LogP) is 6.18. The fourth-order valence-electron chi connectivity index (χ4n) is 7.56. The van der Waals surface area contributed by atoms with E-state index in [4.69, 9.17) is 0 Å². The van der Waals surface area contributed by atoms with Crippen LogP contribution in [0.15, 0.2) is 121 Å². The van der Waals surface area contributed by atoms with Gasteiger partial charge < -0.3 is 0 Å². The average molecular weight is 565 g/mol. The van der Waals surface area contributed by atoms with E-state index >= 15 is 0 Å². The molecule has 0 spiro atoms. The molecule has 0 saturated carbocycles.